The second-order valence-corrected chi connectivity index (χ2v) is 16.5. The summed E-state index contributed by atoms with van der Waals surface area (Å²) in [5.41, 5.74) is -0.445. The van der Waals surface area contributed by atoms with E-state index >= 15 is 0 Å². The van der Waals surface area contributed by atoms with Crippen LogP contribution in [-0.4, -0.2) is 103 Å². The smallest absolute Gasteiger partial charge is 0.232 e. The molecule has 0 bridgehead atoms. The lowest BCUT2D eigenvalue weighted by Gasteiger charge is -2.51. The molecular weight excluding hydrogens is 653 g/mol. The standard InChI is InChI=1S/C38H64N14/c1-13-17-39-29-43-30(40-18-14-2)46-33(45-29)51(27-23-35(5,6)49-36(7,8)24-27)21-22-52(28-25-37(9,10)50-38(11,12)26-28)34-47-31(41-19-15-3)44-32(48-34)42-20-16-4/h13-16,27-28,49-50H,1-4,17-26H2,5-12H3,(H2,39,40,43,45,46)(H2,41,42,44,47,48). The molecule has 2 fully saturated rings. The Morgan fingerprint density at radius 1 is 0.500 bits per heavy atom. The van der Waals surface area contributed by atoms with Gasteiger partial charge in [0.15, 0.2) is 0 Å². The van der Waals surface area contributed by atoms with Crippen LogP contribution in [0.4, 0.5) is 35.7 Å². The second kappa shape index (κ2) is 17.0. The average Bonchev–Trinajstić information content (AvgIpc) is 3.03. The minimum atomic E-state index is -0.111. The molecule has 0 aliphatic carbocycles. The summed E-state index contributed by atoms with van der Waals surface area (Å²) in [4.78, 5) is 34.1. The molecule has 14 heteroatoms. The summed E-state index contributed by atoms with van der Waals surface area (Å²) >= 11 is 0. The van der Waals surface area contributed by atoms with Gasteiger partial charge in [-0.15, -0.1) is 26.3 Å². The number of nitrogens with one attached hydrogen (secondary N) is 6. The van der Waals surface area contributed by atoms with Crippen molar-refractivity contribution in [2.45, 2.75) is 115 Å². The van der Waals surface area contributed by atoms with E-state index in [0.29, 0.717) is 75.0 Å². The monoisotopic (exact) mass is 717 g/mol. The Balaban J connectivity index is 1.84. The van der Waals surface area contributed by atoms with E-state index in [-0.39, 0.29) is 34.2 Å². The van der Waals surface area contributed by atoms with Crippen LogP contribution in [0.15, 0.2) is 50.6 Å². The van der Waals surface area contributed by atoms with Crippen molar-refractivity contribution in [1.29, 1.82) is 0 Å². The molecule has 286 valence electrons. The summed E-state index contributed by atoms with van der Waals surface area (Å²) in [5, 5.41) is 20.9. The Kier molecular flexibility index (Phi) is 13.2. The minimum absolute atomic E-state index is 0.111. The predicted octanol–water partition coefficient (Wildman–Crippen LogP) is 5.38. The molecule has 2 saturated heterocycles. The normalized spacial score (nSPS) is 19.2. The van der Waals surface area contributed by atoms with Crippen molar-refractivity contribution in [3.8, 4) is 0 Å². The molecule has 0 radical (unpaired) electrons. The Morgan fingerprint density at radius 2 is 0.750 bits per heavy atom. The van der Waals surface area contributed by atoms with Crippen LogP contribution in [0.3, 0.4) is 0 Å². The molecule has 0 unspecified atom stereocenters. The maximum absolute atomic E-state index is 5.01. The van der Waals surface area contributed by atoms with Gasteiger partial charge < -0.3 is 41.7 Å². The summed E-state index contributed by atoms with van der Waals surface area (Å²) in [5.74, 6) is 3.16. The topological polar surface area (TPSA) is 156 Å². The van der Waals surface area contributed by atoms with Gasteiger partial charge in [0.2, 0.25) is 35.7 Å². The molecule has 0 atom stereocenters. The van der Waals surface area contributed by atoms with Crippen molar-refractivity contribution in [2.75, 3.05) is 70.3 Å². The summed E-state index contributed by atoms with van der Waals surface area (Å²) in [6.07, 6.45) is 10.8. The van der Waals surface area contributed by atoms with Gasteiger partial charge in [-0.1, -0.05) is 24.3 Å². The van der Waals surface area contributed by atoms with E-state index in [9.17, 15) is 0 Å². The van der Waals surface area contributed by atoms with Crippen LogP contribution >= 0.6 is 0 Å². The van der Waals surface area contributed by atoms with Crippen molar-refractivity contribution in [3.05, 3.63) is 50.6 Å². The van der Waals surface area contributed by atoms with E-state index < -0.39 is 0 Å². The van der Waals surface area contributed by atoms with Gasteiger partial charge in [-0.25, -0.2) is 0 Å². The highest BCUT2D eigenvalue weighted by Gasteiger charge is 2.43. The molecule has 0 spiro atoms. The minimum Gasteiger partial charge on any atom is -0.351 e. The third-order valence-electron chi connectivity index (χ3n) is 9.18. The molecule has 4 heterocycles. The van der Waals surface area contributed by atoms with Crippen molar-refractivity contribution >= 4 is 35.7 Å². The van der Waals surface area contributed by atoms with E-state index in [4.69, 9.17) is 19.9 Å². The van der Waals surface area contributed by atoms with E-state index in [1.807, 2.05) is 0 Å². The van der Waals surface area contributed by atoms with Gasteiger partial charge in [0, 0.05) is 73.5 Å². The number of anilines is 6. The summed E-state index contributed by atoms with van der Waals surface area (Å²) in [6.45, 7) is 37.0. The molecule has 0 saturated carbocycles. The van der Waals surface area contributed by atoms with E-state index in [1.54, 1.807) is 24.3 Å². The number of hydrogen-bond acceptors (Lipinski definition) is 14. The summed E-state index contributed by atoms with van der Waals surface area (Å²) < 4.78 is 0. The lowest BCUT2D eigenvalue weighted by molar-refractivity contribution is 0.153. The van der Waals surface area contributed by atoms with Gasteiger partial charge >= 0.3 is 0 Å². The first-order valence-electron chi connectivity index (χ1n) is 18.5. The molecule has 2 aromatic rings. The number of nitrogens with zero attached hydrogens (tertiary/aromatic N) is 8. The molecular formula is C38H64N14. The fourth-order valence-corrected chi connectivity index (χ4v) is 8.04. The molecule has 0 aromatic carbocycles. The Hall–Kier alpha value is -4.30. The predicted molar refractivity (Wildman–Crippen MR) is 218 cm³/mol. The van der Waals surface area contributed by atoms with Crippen molar-refractivity contribution in [2.24, 2.45) is 0 Å². The third-order valence-corrected chi connectivity index (χ3v) is 9.18. The van der Waals surface area contributed by atoms with Crippen molar-refractivity contribution < 1.29 is 0 Å². The van der Waals surface area contributed by atoms with Crippen LogP contribution in [0, 0.1) is 0 Å². The first-order chi connectivity index (χ1) is 24.5. The Morgan fingerprint density at radius 3 is 0.981 bits per heavy atom. The molecule has 2 aromatic heterocycles. The first-order valence-corrected chi connectivity index (χ1v) is 18.5. The first kappa shape index (κ1) is 40.5. The summed E-state index contributed by atoms with van der Waals surface area (Å²) in [6, 6.07) is 0.257. The molecule has 2 aliphatic rings. The number of piperidine rings is 2. The quantitative estimate of drug-likeness (QED) is 0.103. The fourth-order valence-electron chi connectivity index (χ4n) is 8.04. The molecule has 0 amide bonds. The molecule has 4 rings (SSSR count). The highest BCUT2D eigenvalue weighted by molar-refractivity contribution is 5.48. The zero-order valence-corrected chi connectivity index (χ0v) is 32.9. The lowest BCUT2D eigenvalue weighted by atomic mass is 9.78. The lowest BCUT2D eigenvalue weighted by Crippen LogP contribution is -2.64. The highest BCUT2D eigenvalue weighted by Crippen LogP contribution is 2.36. The molecule has 6 N–H and O–H groups in total. The van der Waals surface area contributed by atoms with Gasteiger partial charge in [-0.3, -0.25) is 0 Å². The average molecular weight is 717 g/mol. The Bertz CT molecular complexity index is 1330. The van der Waals surface area contributed by atoms with Gasteiger partial charge in [0.1, 0.15) is 0 Å². The second-order valence-electron chi connectivity index (χ2n) is 16.5. The zero-order chi connectivity index (χ0) is 38.2. The van der Waals surface area contributed by atoms with Gasteiger partial charge in [0.05, 0.1) is 0 Å². The van der Waals surface area contributed by atoms with Crippen LogP contribution in [0.2, 0.25) is 0 Å². The molecule has 2 aliphatic heterocycles. The molecule has 14 nitrogen and oxygen atoms in total. The van der Waals surface area contributed by atoms with Crippen LogP contribution in [0.25, 0.3) is 0 Å². The van der Waals surface area contributed by atoms with Crippen molar-refractivity contribution in [3.63, 3.8) is 0 Å². The largest absolute Gasteiger partial charge is 0.351 e. The van der Waals surface area contributed by atoms with Gasteiger partial charge in [-0.2, -0.15) is 29.9 Å². The van der Waals surface area contributed by atoms with Crippen LogP contribution in [0.1, 0.15) is 81.1 Å². The molecule has 52 heavy (non-hydrogen) atoms. The summed E-state index contributed by atoms with van der Waals surface area (Å²) in [7, 11) is 0. The van der Waals surface area contributed by atoms with E-state index in [0.717, 1.165) is 25.7 Å². The fraction of sp³-hybridized carbons (Fsp3) is 0.632. The zero-order valence-electron chi connectivity index (χ0n) is 32.9. The van der Waals surface area contributed by atoms with Gasteiger partial charge in [0.25, 0.3) is 0 Å². The number of aromatic nitrogens is 6. The van der Waals surface area contributed by atoms with Crippen LogP contribution in [0.5, 0.6) is 0 Å². The van der Waals surface area contributed by atoms with Crippen LogP contribution < -0.4 is 41.7 Å². The SMILES string of the molecule is C=CCNc1nc(NCC=C)nc(N(CCN(c2nc(NCC=C)nc(NCC=C)n2)C2CC(C)(C)NC(C)(C)C2)C2CC(C)(C)NC(C)(C)C2)n1. The van der Waals surface area contributed by atoms with Gasteiger partial charge in [-0.05, 0) is 81.1 Å². The number of rotatable bonds is 19. The third kappa shape index (κ3) is 11.6. The maximum Gasteiger partial charge on any atom is 0.232 e. The van der Waals surface area contributed by atoms with E-state index in [2.05, 4.69) is 133 Å². The van der Waals surface area contributed by atoms with E-state index in [1.165, 1.54) is 0 Å². The highest BCUT2D eigenvalue weighted by atomic mass is 15.4. The van der Waals surface area contributed by atoms with Crippen molar-refractivity contribution in [1.82, 2.24) is 40.5 Å². The van der Waals surface area contributed by atoms with Crippen LogP contribution in [-0.2, 0) is 0 Å². The Labute approximate surface area is 312 Å². The maximum atomic E-state index is 5.01. The number of hydrogen-bond donors (Lipinski definition) is 6.